The molecule has 1 saturated heterocycles. The normalized spacial score (nSPS) is 21.6. The molecule has 0 radical (unpaired) electrons. The smallest absolute Gasteiger partial charge is 0.227 e. The van der Waals surface area contributed by atoms with Crippen LogP contribution in [0.3, 0.4) is 0 Å². The van der Waals surface area contributed by atoms with Gasteiger partial charge in [0.25, 0.3) is 0 Å². The molecule has 0 bridgehead atoms. The van der Waals surface area contributed by atoms with Crippen LogP contribution in [0, 0.1) is 11.3 Å². The first-order valence-electron chi connectivity index (χ1n) is 11.8. The highest BCUT2D eigenvalue weighted by molar-refractivity contribution is 5.92. The largest absolute Gasteiger partial charge is 0.391 e. The van der Waals surface area contributed by atoms with Crippen LogP contribution in [0.15, 0.2) is 35.0 Å². The topological polar surface area (TPSA) is 87.0 Å². The Kier molecular flexibility index (Phi) is 7.68. The zero-order valence-electron chi connectivity index (χ0n) is 20.4. The number of allylic oxidation sites excluding steroid dienone is 2. The van der Waals surface area contributed by atoms with Crippen LogP contribution in [0.2, 0.25) is 0 Å². The van der Waals surface area contributed by atoms with Crippen LogP contribution < -0.4 is 0 Å². The summed E-state index contributed by atoms with van der Waals surface area (Å²) < 4.78 is 0. The molecule has 1 amide bonds. The fourth-order valence-corrected chi connectivity index (χ4v) is 4.75. The Morgan fingerprint density at radius 1 is 1.18 bits per heavy atom. The van der Waals surface area contributed by atoms with E-state index in [9.17, 15) is 19.5 Å². The van der Waals surface area contributed by atoms with E-state index in [2.05, 4.69) is 17.1 Å². The molecule has 1 fully saturated rings. The van der Waals surface area contributed by atoms with Gasteiger partial charge in [-0.2, -0.15) is 0 Å². The molecule has 1 aromatic rings. The van der Waals surface area contributed by atoms with Gasteiger partial charge in [0.1, 0.15) is 5.78 Å². The molecule has 3 rings (SSSR count). The van der Waals surface area contributed by atoms with E-state index < -0.39 is 23.5 Å². The lowest BCUT2D eigenvalue weighted by atomic mass is 9.77. The van der Waals surface area contributed by atoms with Crippen molar-refractivity contribution in [1.29, 1.82) is 0 Å². The molecular weight excluding hydrogens is 416 g/mol. The van der Waals surface area contributed by atoms with Crippen molar-refractivity contribution in [2.24, 2.45) is 16.3 Å². The van der Waals surface area contributed by atoms with Gasteiger partial charge in [-0.1, -0.05) is 45.0 Å². The van der Waals surface area contributed by atoms with Crippen LogP contribution in [-0.4, -0.2) is 52.4 Å². The molecule has 2 aliphatic heterocycles. The SMILES string of the molecule is CC(=O)C[C@H](C(=O)N1C[C@H](O)C[C@H]1C(=O)CCc1ccc(C2=C(C)N=CC2)cc1)C(C)(C)C. The number of aliphatic hydroxyl groups is 1. The number of ketones is 2. The van der Waals surface area contributed by atoms with Crippen LogP contribution >= 0.6 is 0 Å². The van der Waals surface area contributed by atoms with E-state index in [1.165, 1.54) is 17.4 Å². The lowest BCUT2D eigenvalue weighted by molar-refractivity contribution is -0.145. The average molecular weight is 453 g/mol. The van der Waals surface area contributed by atoms with Gasteiger partial charge in [-0.25, -0.2) is 0 Å². The maximum absolute atomic E-state index is 13.3. The minimum Gasteiger partial charge on any atom is -0.391 e. The lowest BCUT2D eigenvalue weighted by Gasteiger charge is -2.34. The van der Waals surface area contributed by atoms with Crippen LogP contribution in [0.25, 0.3) is 5.57 Å². The molecule has 0 saturated carbocycles. The van der Waals surface area contributed by atoms with Gasteiger partial charge in [-0.15, -0.1) is 0 Å². The number of hydrogen-bond donors (Lipinski definition) is 1. The van der Waals surface area contributed by atoms with Gasteiger partial charge >= 0.3 is 0 Å². The summed E-state index contributed by atoms with van der Waals surface area (Å²) in [4.78, 5) is 44.1. The second-order valence-corrected chi connectivity index (χ2v) is 10.5. The van der Waals surface area contributed by atoms with Gasteiger partial charge in [-0.3, -0.25) is 14.6 Å². The van der Waals surface area contributed by atoms with Gasteiger partial charge in [0, 0.05) is 50.1 Å². The summed E-state index contributed by atoms with van der Waals surface area (Å²) in [6, 6.07) is 7.58. The van der Waals surface area contributed by atoms with E-state index in [4.69, 9.17) is 0 Å². The number of carbonyl (C=O) groups is 3. The third-order valence-electron chi connectivity index (χ3n) is 6.75. The van der Waals surface area contributed by atoms with Crippen molar-refractivity contribution in [3.63, 3.8) is 0 Å². The number of rotatable bonds is 8. The highest BCUT2D eigenvalue weighted by Gasteiger charge is 2.43. The second kappa shape index (κ2) is 10.1. The molecule has 6 nitrogen and oxygen atoms in total. The first kappa shape index (κ1) is 25.0. The quantitative estimate of drug-likeness (QED) is 0.646. The van der Waals surface area contributed by atoms with Gasteiger partial charge in [-0.05, 0) is 42.4 Å². The molecule has 2 aliphatic rings. The Morgan fingerprint density at radius 2 is 1.85 bits per heavy atom. The van der Waals surface area contributed by atoms with Crippen molar-refractivity contribution >= 4 is 29.3 Å². The Balaban J connectivity index is 1.66. The number of amides is 1. The van der Waals surface area contributed by atoms with Crippen LogP contribution in [0.1, 0.15) is 71.4 Å². The van der Waals surface area contributed by atoms with Gasteiger partial charge in [0.2, 0.25) is 5.91 Å². The summed E-state index contributed by atoms with van der Waals surface area (Å²) in [5.41, 5.74) is 4.06. The number of aliphatic imine (C=N–C) groups is 1. The Morgan fingerprint density at radius 3 is 2.39 bits per heavy atom. The molecule has 1 aromatic carbocycles. The van der Waals surface area contributed by atoms with E-state index in [-0.39, 0.29) is 36.9 Å². The molecule has 178 valence electrons. The zero-order valence-corrected chi connectivity index (χ0v) is 20.4. The fourth-order valence-electron chi connectivity index (χ4n) is 4.75. The number of benzene rings is 1. The van der Waals surface area contributed by atoms with Gasteiger partial charge in [0.15, 0.2) is 5.78 Å². The van der Waals surface area contributed by atoms with Crippen molar-refractivity contribution < 1.29 is 19.5 Å². The average Bonchev–Trinajstić information content (AvgIpc) is 3.35. The Labute approximate surface area is 196 Å². The molecule has 33 heavy (non-hydrogen) atoms. The molecule has 0 aromatic heterocycles. The predicted molar refractivity (Wildman–Crippen MR) is 130 cm³/mol. The summed E-state index contributed by atoms with van der Waals surface area (Å²) in [6.45, 7) is 9.43. The third kappa shape index (κ3) is 6.05. The van der Waals surface area contributed by atoms with E-state index in [1.807, 2.05) is 46.0 Å². The molecule has 0 unspecified atom stereocenters. The van der Waals surface area contributed by atoms with Crippen LogP contribution in [-0.2, 0) is 20.8 Å². The molecule has 0 spiro atoms. The summed E-state index contributed by atoms with van der Waals surface area (Å²) in [5.74, 6) is -0.813. The second-order valence-electron chi connectivity index (χ2n) is 10.5. The highest BCUT2D eigenvalue weighted by Crippen LogP contribution is 2.34. The maximum Gasteiger partial charge on any atom is 0.227 e. The molecule has 3 atom stereocenters. The third-order valence-corrected chi connectivity index (χ3v) is 6.75. The van der Waals surface area contributed by atoms with Crippen molar-refractivity contribution in [2.45, 2.75) is 78.9 Å². The van der Waals surface area contributed by atoms with Gasteiger partial charge < -0.3 is 14.8 Å². The van der Waals surface area contributed by atoms with Crippen LogP contribution in [0.5, 0.6) is 0 Å². The van der Waals surface area contributed by atoms with Gasteiger partial charge in [0.05, 0.1) is 12.1 Å². The lowest BCUT2D eigenvalue weighted by Crippen LogP contribution is -2.47. The first-order valence-corrected chi connectivity index (χ1v) is 11.8. The molecule has 1 N–H and O–H groups in total. The van der Waals surface area contributed by atoms with E-state index in [1.54, 1.807) is 0 Å². The standard InChI is InChI=1S/C27H36N2O4/c1-17(30)14-23(27(3,4)5)26(33)29-16-21(31)15-24(29)25(32)11-8-19-6-9-20(10-7-19)22-12-13-28-18(22)2/h6-7,9-10,13,21,23-24,31H,8,11-12,14-16H2,1-5H3/t21-,23-,24+/m1/s1. The van der Waals surface area contributed by atoms with Crippen LogP contribution in [0.4, 0.5) is 0 Å². The minimum atomic E-state index is -0.717. The van der Waals surface area contributed by atoms with Crippen molar-refractivity contribution in [1.82, 2.24) is 4.90 Å². The van der Waals surface area contributed by atoms with Crippen molar-refractivity contribution in [2.75, 3.05) is 6.54 Å². The van der Waals surface area contributed by atoms with E-state index in [0.717, 1.165) is 23.2 Å². The Hall–Kier alpha value is -2.60. The number of β-amino-alcohol motifs (C(OH)–C–C–N with tert-alkyl or cyclic N) is 1. The summed E-state index contributed by atoms with van der Waals surface area (Å²) in [7, 11) is 0. The molecular formula is C27H36N2O4. The number of nitrogens with zero attached hydrogens (tertiary/aromatic N) is 2. The monoisotopic (exact) mass is 452 g/mol. The first-order chi connectivity index (χ1) is 15.5. The maximum atomic E-state index is 13.3. The number of hydrogen-bond acceptors (Lipinski definition) is 5. The number of aryl methyl sites for hydroxylation is 1. The summed E-state index contributed by atoms with van der Waals surface area (Å²) in [6.07, 6.45) is 3.33. The number of aliphatic hydroxyl groups excluding tert-OH is 1. The predicted octanol–water partition coefficient (Wildman–Crippen LogP) is 4.00. The zero-order chi connectivity index (χ0) is 24.3. The molecule has 6 heteroatoms. The Bertz CT molecular complexity index is 969. The van der Waals surface area contributed by atoms with E-state index >= 15 is 0 Å². The van der Waals surface area contributed by atoms with Crippen molar-refractivity contribution in [3.05, 3.63) is 41.1 Å². The summed E-state index contributed by atoms with van der Waals surface area (Å²) >= 11 is 0. The summed E-state index contributed by atoms with van der Waals surface area (Å²) in [5, 5.41) is 10.2. The molecule has 2 heterocycles. The number of Topliss-reactive ketones (excluding diaryl/α,β-unsaturated/α-hetero) is 2. The van der Waals surface area contributed by atoms with Crippen molar-refractivity contribution in [3.8, 4) is 0 Å². The molecule has 0 aliphatic carbocycles. The minimum absolute atomic E-state index is 0.0396. The number of carbonyl (C=O) groups excluding carboxylic acids is 3. The highest BCUT2D eigenvalue weighted by atomic mass is 16.3. The fraction of sp³-hybridized carbons (Fsp3) is 0.556. The number of likely N-dealkylation sites (tertiary alicyclic amines) is 1. The van der Waals surface area contributed by atoms with E-state index in [0.29, 0.717) is 12.8 Å².